The zero-order valence-corrected chi connectivity index (χ0v) is 9.54. The maximum absolute atomic E-state index is 6.02. The van der Waals surface area contributed by atoms with Crippen molar-refractivity contribution >= 4 is 5.69 Å². The summed E-state index contributed by atoms with van der Waals surface area (Å²) in [7, 11) is 4.12. The Morgan fingerprint density at radius 1 is 1.21 bits per heavy atom. The summed E-state index contributed by atoms with van der Waals surface area (Å²) >= 11 is 0. The predicted molar refractivity (Wildman–Crippen MR) is 62.7 cm³/mol. The van der Waals surface area contributed by atoms with Crippen LogP contribution in [0.1, 0.15) is 19.4 Å². The van der Waals surface area contributed by atoms with Gasteiger partial charge in [-0.25, -0.2) is 0 Å². The van der Waals surface area contributed by atoms with Gasteiger partial charge in [-0.3, -0.25) is 0 Å². The van der Waals surface area contributed by atoms with Gasteiger partial charge in [-0.2, -0.15) is 0 Å². The van der Waals surface area contributed by atoms with Crippen LogP contribution in [0.25, 0.3) is 0 Å². The molecule has 1 rings (SSSR count). The predicted octanol–water partition coefficient (Wildman–Crippen LogP) is 2.03. The first-order chi connectivity index (χ1) is 6.40. The van der Waals surface area contributed by atoms with Gasteiger partial charge in [0.25, 0.3) is 0 Å². The highest BCUT2D eigenvalue weighted by Crippen LogP contribution is 2.21. The van der Waals surface area contributed by atoms with Gasteiger partial charge in [0.05, 0.1) is 0 Å². The van der Waals surface area contributed by atoms with Gasteiger partial charge < -0.3 is 10.6 Å². The van der Waals surface area contributed by atoms with Crippen LogP contribution in [0.5, 0.6) is 0 Å². The van der Waals surface area contributed by atoms with Crippen molar-refractivity contribution in [2.75, 3.05) is 19.0 Å². The Morgan fingerprint density at radius 3 is 2.29 bits per heavy atom. The lowest BCUT2D eigenvalue weighted by Gasteiger charge is -2.23. The highest BCUT2D eigenvalue weighted by molar-refractivity contribution is 5.52. The molecule has 0 radical (unpaired) electrons. The number of rotatable bonds is 3. The highest BCUT2D eigenvalue weighted by Gasteiger charge is 2.14. The molecular weight excluding hydrogens is 172 g/mol. The summed E-state index contributed by atoms with van der Waals surface area (Å²) in [5, 5.41) is 0. The monoisotopic (exact) mass is 192 g/mol. The summed E-state index contributed by atoms with van der Waals surface area (Å²) in [4.78, 5) is 2.13. The van der Waals surface area contributed by atoms with Crippen LogP contribution >= 0.6 is 0 Å². The van der Waals surface area contributed by atoms with Crippen LogP contribution in [0.15, 0.2) is 24.3 Å². The van der Waals surface area contributed by atoms with E-state index in [1.165, 1.54) is 11.3 Å². The van der Waals surface area contributed by atoms with E-state index >= 15 is 0 Å². The van der Waals surface area contributed by atoms with Crippen LogP contribution < -0.4 is 10.6 Å². The molecule has 0 aliphatic heterocycles. The number of hydrogen-bond acceptors (Lipinski definition) is 2. The van der Waals surface area contributed by atoms with E-state index in [1.54, 1.807) is 0 Å². The normalized spacial score (nSPS) is 11.5. The molecule has 78 valence electrons. The Hall–Kier alpha value is -1.02. The van der Waals surface area contributed by atoms with E-state index in [0.717, 1.165) is 6.42 Å². The highest BCUT2D eigenvalue weighted by atomic mass is 15.1. The molecule has 0 aliphatic rings. The molecule has 1 aromatic carbocycles. The minimum atomic E-state index is -0.147. The van der Waals surface area contributed by atoms with Crippen molar-refractivity contribution in [1.82, 2.24) is 0 Å². The van der Waals surface area contributed by atoms with Gasteiger partial charge in [0.2, 0.25) is 0 Å². The van der Waals surface area contributed by atoms with E-state index in [0.29, 0.717) is 0 Å². The minimum absolute atomic E-state index is 0.147. The summed E-state index contributed by atoms with van der Waals surface area (Å²) in [6.45, 7) is 4.11. The second-order valence-corrected chi connectivity index (χ2v) is 4.69. The van der Waals surface area contributed by atoms with Crippen LogP contribution in [0.2, 0.25) is 0 Å². The van der Waals surface area contributed by atoms with Crippen molar-refractivity contribution in [3.05, 3.63) is 29.8 Å². The molecule has 0 amide bonds. The smallest absolute Gasteiger partial charge is 0.0394 e. The van der Waals surface area contributed by atoms with E-state index in [1.807, 2.05) is 0 Å². The molecule has 0 saturated carbocycles. The van der Waals surface area contributed by atoms with E-state index < -0.39 is 0 Å². The fourth-order valence-electron chi connectivity index (χ4n) is 1.59. The number of hydrogen-bond donors (Lipinski definition) is 1. The van der Waals surface area contributed by atoms with Gasteiger partial charge in [0, 0.05) is 25.3 Å². The van der Waals surface area contributed by atoms with Crippen molar-refractivity contribution in [2.24, 2.45) is 5.73 Å². The number of benzene rings is 1. The summed E-state index contributed by atoms with van der Waals surface area (Å²) in [6, 6.07) is 8.39. The Labute approximate surface area is 86.7 Å². The first-order valence-corrected chi connectivity index (χ1v) is 4.94. The molecule has 0 heterocycles. The lowest BCUT2D eigenvalue weighted by Crippen LogP contribution is -2.34. The molecule has 2 N–H and O–H groups in total. The maximum Gasteiger partial charge on any atom is 0.0394 e. The average Bonchev–Trinajstić information content (AvgIpc) is 2.01. The fraction of sp³-hybridized carbons (Fsp3) is 0.500. The Morgan fingerprint density at radius 2 is 1.79 bits per heavy atom. The third-order valence-corrected chi connectivity index (χ3v) is 2.12. The molecule has 14 heavy (non-hydrogen) atoms. The number of anilines is 1. The molecule has 0 aromatic heterocycles. The quantitative estimate of drug-likeness (QED) is 0.794. The van der Waals surface area contributed by atoms with Crippen LogP contribution in [0, 0.1) is 0 Å². The van der Waals surface area contributed by atoms with Gasteiger partial charge in [-0.05, 0) is 31.9 Å². The van der Waals surface area contributed by atoms with Crippen LogP contribution in [0.3, 0.4) is 0 Å². The van der Waals surface area contributed by atoms with Crippen molar-refractivity contribution in [1.29, 1.82) is 0 Å². The van der Waals surface area contributed by atoms with Crippen molar-refractivity contribution in [2.45, 2.75) is 25.8 Å². The molecule has 0 unspecified atom stereocenters. The van der Waals surface area contributed by atoms with E-state index in [4.69, 9.17) is 5.73 Å². The molecule has 2 nitrogen and oxygen atoms in total. The van der Waals surface area contributed by atoms with Crippen molar-refractivity contribution in [3.8, 4) is 0 Å². The summed E-state index contributed by atoms with van der Waals surface area (Å²) in [5.41, 5.74) is 8.44. The average molecular weight is 192 g/mol. The van der Waals surface area contributed by atoms with Gasteiger partial charge in [0.15, 0.2) is 0 Å². The summed E-state index contributed by atoms with van der Waals surface area (Å²) in [6.07, 6.45) is 0.904. The standard InChI is InChI=1S/C12H20N2/c1-12(2,13)9-10-7-5-6-8-11(10)14(3)4/h5-8H,9,13H2,1-4H3. The van der Waals surface area contributed by atoms with E-state index in [2.05, 4.69) is 57.1 Å². The second kappa shape index (κ2) is 4.01. The number of nitrogens with zero attached hydrogens (tertiary/aromatic N) is 1. The molecule has 0 spiro atoms. The van der Waals surface area contributed by atoms with Gasteiger partial charge in [-0.15, -0.1) is 0 Å². The van der Waals surface area contributed by atoms with Crippen molar-refractivity contribution < 1.29 is 0 Å². The Kier molecular flexibility index (Phi) is 3.17. The molecule has 0 aliphatic carbocycles. The molecule has 0 atom stereocenters. The van der Waals surface area contributed by atoms with Crippen LogP contribution in [-0.2, 0) is 6.42 Å². The lowest BCUT2D eigenvalue weighted by atomic mass is 9.95. The molecule has 0 saturated heterocycles. The largest absolute Gasteiger partial charge is 0.377 e. The first-order valence-electron chi connectivity index (χ1n) is 4.94. The molecule has 0 bridgehead atoms. The van der Waals surface area contributed by atoms with Crippen molar-refractivity contribution in [3.63, 3.8) is 0 Å². The van der Waals surface area contributed by atoms with Gasteiger partial charge in [0.1, 0.15) is 0 Å². The fourth-order valence-corrected chi connectivity index (χ4v) is 1.59. The third-order valence-electron chi connectivity index (χ3n) is 2.12. The zero-order valence-electron chi connectivity index (χ0n) is 9.54. The van der Waals surface area contributed by atoms with E-state index in [-0.39, 0.29) is 5.54 Å². The molecule has 0 fully saturated rings. The van der Waals surface area contributed by atoms with Crippen LogP contribution in [-0.4, -0.2) is 19.6 Å². The Bertz CT molecular complexity index is 297. The number of para-hydroxylation sites is 1. The molecule has 1 aromatic rings. The summed E-state index contributed by atoms with van der Waals surface area (Å²) < 4.78 is 0. The maximum atomic E-state index is 6.02. The van der Waals surface area contributed by atoms with E-state index in [9.17, 15) is 0 Å². The summed E-state index contributed by atoms with van der Waals surface area (Å²) in [5.74, 6) is 0. The SMILES string of the molecule is CN(C)c1ccccc1CC(C)(C)N. The zero-order chi connectivity index (χ0) is 10.8. The second-order valence-electron chi connectivity index (χ2n) is 4.69. The topological polar surface area (TPSA) is 29.3 Å². The van der Waals surface area contributed by atoms with Gasteiger partial charge >= 0.3 is 0 Å². The molecular formula is C12H20N2. The number of nitrogens with two attached hydrogens (primary N) is 1. The minimum Gasteiger partial charge on any atom is -0.377 e. The lowest BCUT2D eigenvalue weighted by molar-refractivity contribution is 0.517. The Balaban J connectivity index is 2.96. The first kappa shape index (κ1) is 11.1. The van der Waals surface area contributed by atoms with Gasteiger partial charge in [-0.1, -0.05) is 18.2 Å². The third kappa shape index (κ3) is 3.04. The van der Waals surface area contributed by atoms with Crippen LogP contribution in [0.4, 0.5) is 5.69 Å². The molecule has 2 heteroatoms.